The molecule has 1 aliphatic heterocycles. The van der Waals surface area contributed by atoms with Crippen LogP contribution in [0, 0.1) is 0 Å². The van der Waals surface area contributed by atoms with Crippen LogP contribution in [0.5, 0.6) is 0 Å². The molecule has 88 valence electrons. The van der Waals surface area contributed by atoms with E-state index >= 15 is 0 Å². The molecule has 1 rings (SSSR count). The minimum atomic E-state index is -2.94. The van der Waals surface area contributed by atoms with Crippen LogP contribution in [-0.4, -0.2) is 62.4 Å². The van der Waals surface area contributed by atoms with Crippen LogP contribution in [0.2, 0.25) is 0 Å². The Morgan fingerprint density at radius 3 is 2.60 bits per heavy atom. The molecule has 0 aromatic heterocycles. The fraction of sp³-hybridized carbons (Fsp3) is 0.875. The Bertz CT molecular complexity index is 321. The minimum Gasteiger partial charge on any atom is -0.370 e. The van der Waals surface area contributed by atoms with Crippen molar-refractivity contribution in [2.45, 2.75) is 0 Å². The first-order valence-corrected chi connectivity index (χ1v) is 8.01. The van der Waals surface area contributed by atoms with Gasteiger partial charge in [0.25, 0.3) is 0 Å². The number of hydrogen-bond acceptors (Lipinski definition) is 4. The molecular formula is C8H17N3O2S2. The molecule has 0 amide bonds. The molecule has 0 radical (unpaired) electrons. The average molecular weight is 251 g/mol. The van der Waals surface area contributed by atoms with Crippen molar-refractivity contribution in [3.05, 3.63) is 0 Å². The van der Waals surface area contributed by atoms with E-state index in [0.717, 1.165) is 24.6 Å². The molecule has 1 fully saturated rings. The zero-order valence-corrected chi connectivity index (χ0v) is 10.5. The van der Waals surface area contributed by atoms with E-state index in [1.807, 2.05) is 16.7 Å². The van der Waals surface area contributed by atoms with Gasteiger partial charge in [-0.3, -0.25) is 4.99 Å². The van der Waals surface area contributed by atoms with E-state index in [2.05, 4.69) is 4.99 Å². The van der Waals surface area contributed by atoms with Crippen LogP contribution in [0.15, 0.2) is 4.99 Å². The third-order valence-electron chi connectivity index (χ3n) is 2.07. The molecule has 0 aromatic carbocycles. The molecule has 1 aliphatic rings. The summed E-state index contributed by atoms with van der Waals surface area (Å²) >= 11 is 1.90. The Morgan fingerprint density at radius 1 is 1.47 bits per heavy atom. The molecule has 0 unspecified atom stereocenters. The van der Waals surface area contributed by atoms with Gasteiger partial charge in [-0.2, -0.15) is 11.8 Å². The molecule has 1 heterocycles. The van der Waals surface area contributed by atoms with Crippen LogP contribution in [0.3, 0.4) is 0 Å². The predicted molar refractivity (Wildman–Crippen MR) is 65.1 cm³/mol. The van der Waals surface area contributed by atoms with E-state index in [1.54, 1.807) is 0 Å². The molecule has 5 nitrogen and oxygen atoms in total. The van der Waals surface area contributed by atoms with Crippen molar-refractivity contribution >= 4 is 27.6 Å². The van der Waals surface area contributed by atoms with E-state index in [-0.39, 0.29) is 12.3 Å². The maximum Gasteiger partial charge on any atom is 0.191 e. The molecule has 0 spiro atoms. The monoisotopic (exact) mass is 251 g/mol. The Hall–Kier alpha value is -0.430. The first-order valence-electron chi connectivity index (χ1n) is 4.79. The van der Waals surface area contributed by atoms with Crippen molar-refractivity contribution in [1.82, 2.24) is 4.90 Å². The number of nitrogens with zero attached hydrogens (tertiary/aromatic N) is 2. The van der Waals surface area contributed by atoms with Gasteiger partial charge in [-0.25, -0.2) is 8.42 Å². The van der Waals surface area contributed by atoms with Gasteiger partial charge >= 0.3 is 0 Å². The Morgan fingerprint density at radius 2 is 2.07 bits per heavy atom. The summed E-state index contributed by atoms with van der Waals surface area (Å²) in [6.45, 7) is 2.06. The fourth-order valence-corrected chi connectivity index (χ4v) is 2.54. The van der Waals surface area contributed by atoms with Gasteiger partial charge in [0.05, 0.1) is 12.3 Å². The van der Waals surface area contributed by atoms with Gasteiger partial charge in [0.2, 0.25) is 0 Å². The van der Waals surface area contributed by atoms with E-state index in [4.69, 9.17) is 5.73 Å². The van der Waals surface area contributed by atoms with Gasteiger partial charge < -0.3 is 10.6 Å². The molecular weight excluding hydrogens is 234 g/mol. The van der Waals surface area contributed by atoms with Crippen LogP contribution < -0.4 is 5.73 Å². The van der Waals surface area contributed by atoms with Crippen LogP contribution in [0.1, 0.15) is 0 Å². The SMILES string of the molecule is CS(=O)(=O)CCN=C(N)N1CCSCC1. The second kappa shape index (κ2) is 5.60. The quantitative estimate of drug-likeness (QED) is 0.535. The number of aliphatic imine (C=N–C) groups is 1. The van der Waals surface area contributed by atoms with Crippen molar-refractivity contribution in [3.8, 4) is 0 Å². The highest BCUT2D eigenvalue weighted by molar-refractivity contribution is 7.99. The lowest BCUT2D eigenvalue weighted by Gasteiger charge is -2.27. The van der Waals surface area contributed by atoms with Gasteiger partial charge in [-0.1, -0.05) is 0 Å². The second-order valence-corrected chi connectivity index (χ2v) is 6.95. The van der Waals surface area contributed by atoms with E-state index in [9.17, 15) is 8.42 Å². The lowest BCUT2D eigenvalue weighted by molar-refractivity contribution is 0.456. The van der Waals surface area contributed by atoms with Gasteiger partial charge in [0.15, 0.2) is 5.96 Å². The molecule has 15 heavy (non-hydrogen) atoms. The summed E-state index contributed by atoms with van der Waals surface area (Å²) in [4.78, 5) is 6.06. The molecule has 1 saturated heterocycles. The molecule has 0 atom stereocenters. The summed E-state index contributed by atoms with van der Waals surface area (Å²) < 4.78 is 21.7. The van der Waals surface area contributed by atoms with Crippen molar-refractivity contribution in [3.63, 3.8) is 0 Å². The Labute approximate surface area is 95.0 Å². The molecule has 0 saturated carbocycles. The fourth-order valence-electron chi connectivity index (χ4n) is 1.22. The second-order valence-electron chi connectivity index (χ2n) is 3.47. The first-order chi connectivity index (χ1) is 6.99. The highest BCUT2D eigenvalue weighted by Gasteiger charge is 2.12. The molecule has 0 bridgehead atoms. The summed E-state index contributed by atoms with van der Waals surface area (Å²) in [6.07, 6.45) is 1.20. The smallest absolute Gasteiger partial charge is 0.191 e. The van der Waals surface area contributed by atoms with Gasteiger partial charge in [-0.05, 0) is 0 Å². The standard InChI is InChI=1S/C8H17N3O2S2/c1-15(12,13)7-2-10-8(9)11-3-5-14-6-4-11/h2-7H2,1H3,(H2,9,10). The third kappa shape index (κ3) is 5.27. The van der Waals surface area contributed by atoms with Crippen LogP contribution in [-0.2, 0) is 9.84 Å². The number of sulfone groups is 1. The Kier molecular flexibility index (Phi) is 4.72. The number of hydrogen-bond donors (Lipinski definition) is 1. The van der Waals surface area contributed by atoms with Crippen LogP contribution >= 0.6 is 11.8 Å². The van der Waals surface area contributed by atoms with E-state index < -0.39 is 9.84 Å². The first kappa shape index (κ1) is 12.6. The van der Waals surface area contributed by atoms with Crippen molar-refractivity contribution < 1.29 is 8.42 Å². The van der Waals surface area contributed by atoms with Gasteiger partial charge in [0.1, 0.15) is 9.84 Å². The van der Waals surface area contributed by atoms with Gasteiger partial charge in [0, 0.05) is 30.9 Å². The zero-order valence-electron chi connectivity index (χ0n) is 8.85. The number of thioether (sulfide) groups is 1. The predicted octanol–water partition coefficient (Wildman–Crippen LogP) is -0.605. The van der Waals surface area contributed by atoms with Crippen molar-refractivity contribution in [2.24, 2.45) is 10.7 Å². The van der Waals surface area contributed by atoms with Gasteiger partial charge in [-0.15, -0.1) is 0 Å². The summed E-state index contributed by atoms with van der Waals surface area (Å²) in [5.74, 6) is 2.65. The molecule has 0 aromatic rings. The normalized spacial score (nSPS) is 19.3. The lowest BCUT2D eigenvalue weighted by Crippen LogP contribution is -2.42. The summed E-state index contributed by atoms with van der Waals surface area (Å²) in [7, 11) is -2.94. The molecule has 0 aliphatic carbocycles. The summed E-state index contributed by atoms with van der Waals surface area (Å²) in [5, 5.41) is 0. The summed E-state index contributed by atoms with van der Waals surface area (Å²) in [6, 6.07) is 0. The van der Waals surface area contributed by atoms with Crippen molar-refractivity contribution in [1.29, 1.82) is 0 Å². The number of guanidine groups is 1. The molecule has 2 N–H and O–H groups in total. The number of nitrogens with two attached hydrogens (primary N) is 1. The highest BCUT2D eigenvalue weighted by Crippen LogP contribution is 2.08. The summed E-state index contributed by atoms with van der Waals surface area (Å²) in [5.41, 5.74) is 5.75. The van der Waals surface area contributed by atoms with E-state index in [0.29, 0.717) is 5.96 Å². The maximum absolute atomic E-state index is 10.9. The largest absolute Gasteiger partial charge is 0.370 e. The minimum absolute atomic E-state index is 0.0658. The van der Waals surface area contributed by atoms with Crippen LogP contribution in [0.4, 0.5) is 0 Å². The average Bonchev–Trinajstić information content (AvgIpc) is 2.17. The lowest BCUT2D eigenvalue weighted by atomic mass is 10.5. The number of rotatable bonds is 3. The van der Waals surface area contributed by atoms with Crippen molar-refractivity contribution in [2.75, 3.05) is 43.1 Å². The zero-order chi connectivity index (χ0) is 11.3. The molecule has 7 heteroatoms. The topological polar surface area (TPSA) is 75.8 Å². The van der Waals surface area contributed by atoms with E-state index in [1.165, 1.54) is 6.26 Å². The maximum atomic E-state index is 10.9. The van der Waals surface area contributed by atoms with Crippen LogP contribution in [0.25, 0.3) is 0 Å². The third-order valence-corrected chi connectivity index (χ3v) is 3.94. The highest BCUT2D eigenvalue weighted by atomic mass is 32.2. The Balaban J connectivity index is 2.38.